The van der Waals surface area contributed by atoms with Crippen LogP contribution in [-0.2, 0) is 14.8 Å². The highest BCUT2D eigenvalue weighted by Crippen LogP contribution is 2.21. The van der Waals surface area contributed by atoms with Crippen molar-refractivity contribution in [3.8, 4) is 0 Å². The molecule has 0 aliphatic carbocycles. The number of nitrogens with two attached hydrogens (primary N) is 1. The van der Waals surface area contributed by atoms with E-state index in [9.17, 15) is 17.6 Å². The summed E-state index contributed by atoms with van der Waals surface area (Å²) in [5.74, 6) is -1.17. The average Bonchev–Trinajstić information content (AvgIpc) is 2.38. The zero-order valence-corrected chi connectivity index (χ0v) is 12.8. The van der Waals surface area contributed by atoms with Crippen LogP contribution in [0.1, 0.15) is 19.8 Å². The van der Waals surface area contributed by atoms with E-state index in [0.717, 1.165) is 18.7 Å². The molecule has 1 amide bonds. The minimum absolute atomic E-state index is 0.204. The molecule has 0 heterocycles. The van der Waals surface area contributed by atoms with E-state index in [1.165, 1.54) is 12.1 Å². The van der Waals surface area contributed by atoms with Crippen LogP contribution in [0, 0.1) is 11.7 Å². The third-order valence-corrected chi connectivity index (χ3v) is 3.41. The maximum Gasteiger partial charge on any atom is 0.229 e. The lowest BCUT2D eigenvalue weighted by molar-refractivity contribution is -0.119. The van der Waals surface area contributed by atoms with Crippen molar-refractivity contribution in [2.45, 2.75) is 19.8 Å². The highest BCUT2D eigenvalue weighted by molar-refractivity contribution is 7.92. The molecule has 0 bridgehead atoms. The van der Waals surface area contributed by atoms with E-state index in [0.29, 0.717) is 18.7 Å². The lowest BCUT2D eigenvalue weighted by Gasteiger charge is -2.13. The summed E-state index contributed by atoms with van der Waals surface area (Å²) in [6, 6.07) is 3.70. The molecular formula is C13H20FN3O3S. The molecule has 0 spiro atoms. The van der Waals surface area contributed by atoms with Crippen molar-refractivity contribution in [3.63, 3.8) is 0 Å². The fraction of sp³-hybridized carbons (Fsp3) is 0.462. The maximum atomic E-state index is 13.5. The van der Waals surface area contributed by atoms with Gasteiger partial charge in [-0.3, -0.25) is 9.52 Å². The first-order valence-electron chi connectivity index (χ1n) is 6.51. The Kier molecular flexibility index (Phi) is 6.10. The Labute approximate surface area is 124 Å². The molecule has 4 N–H and O–H groups in total. The van der Waals surface area contributed by atoms with Gasteiger partial charge in [0.1, 0.15) is 5.82 Å². The first-order chi connectivity index (χ1) is 9.73. The number of carbonyl (C=O) groups excluding carboxylic acids is 1. The summed E-state index contributed by atoms with van der Waals surface area (Å²) in [4.78, 5) is 11.9. The fourth-order valence-electron chi connectivity index (χ4n) is 1.70. The average molecular weight is 317 g/mol. The molecular weight excluding hydrogens is 297 g/mol. The molecule has 118 valence electrons. The van der Waals surface area contributed by atoms with Crippen LogP contribution in [0.4, 0.5) is 15.8 Å². The molecule has 1 aromatic rings. The van der Waals surface area contributed by atoms with Crippen LogP contribution >= 0.6 is 0 Å². The Bertz CT molecular complexity index is 605. The van der Waals surface area contributed by atoms with E-state index in [2.05, 4.69) is 10.0 Å². The Balaban J connectivity index is 2.80. The van der Waals surface area contributed by atoms with Crippen molar-refractivity contribution in [2.24, 2.45) is 11.7 Å². The molecule has 0 aliphatic rings. The van der Waals surface area contributed by atoms with Crippen LogP contribution in [0.3, 0.4) is 0 Å². The number of rotatable bonds is 7. The molecule has 0 aromatic heterocycles. The van der Waals surface area contributed by atoms with Gasteiger partial charge >= 0.3 is 0 Å². The van der Waals surface area contributed by atoms with Gasteiger partial charge in [-0.25, -0.2) is 12.8 Å². The van der Waals surface area contributed by atoms with E-state index >= 15 is 0 Å². The van der Waals surface area contributed by atoms with Crippen LogP contribution in [0.25, 0.3) is 0 Å². The number of anilines is 2. The number of nitrogens with one attached hydrogen (secondary N) is 2. The van der Waals surface area contributed by atoms with E-state index < -0.39 is 15.8 Å². The predicted molar refractivity (Wildman–Crippen MR) is 80.9 cm³/mol. The SMILES string of the molecule is CC(CCCN)C(=O)Nc1ccc(F)c(NS(C)(=O)=O)c1. The summed E-state index contributed by atoms with van der Waals surface area (Å²) in [6.45, 7) is 2.28. The van der Waals surface area contributed by atoms with Gasteiger partial charge in [0, 0.05) is 11.6 Å². The summed E-state index contributed by atoms with van der Waals surface area (Å²) in [7, 11) is -3.59. The second-order valence-corrected chi connectivity index (χ2v) is 6.64. The first kappa shape index (κ1) is 17.4. The zero-order valence-electron chi connectivity index (χ0n) is 12.0. The predicted octanol–water partition coefficient (Wildman–Crippen LogP) is 1.51. The lowest BCUT2D eigenvalue weighted by Crippen LogP contribution is -2.21. The lowest BCUT2D eigenvalue weighted by atomic mass is 10.0. The summed E-state index contributed by atoms with van der Waals surface area (Å²) in [5, 5.41) is 2.62. The third-order valence-electron chi connectivity index (χ3n) is 2.82. The van der Waals surface area contributed by atoms with Crippen LogP contribution in [0.2, 0.25) is 0 Å². The van der Waals surface area contributed by atoms with Crippen LogP contribution < -0.4 is 15.8 Å². The van der Waals surface area contributed by atoms with Crippen molar-refractivity contribution in [1.29, 1.82) is 0 Å². The van der Waals surface area contributed by atoms with E-state index in [-0.39, 0.29) is 17.5 Å². The van der Waals surface area contributed by atoms with Crippen molar-refractivity contribution in [1.82, 2.24) is 0 Å². The van der Waals surface area contributed by atoms with E-state index in [1.807, 2.05) is 0 Å². The van der Waals surface area contributed by atoms with Gasteiger partial charge in [0.2, 0.25) is 15.9 Å². The van der Waals surface area contributed by atoms with Gasteiger partial charge in [-0.1, -0.05) is 6.92 Å². The summed E-state index contributed by atoms with van der Waals surface area (Å²) in [6.07, 6.45) is 2.31. The normalized spacial score (nSPS) is 12.8. The van der Waals surface area contributed by atoms with Gasteiger partial charge in [-0.15, -0.1) is 0 Å². The molecule has 21 heavy (non-hydrogen) atoms. The van der Waals surface area contributed by atoms with Gasteiger partial charge < -0.3 is 11.1 Å². The summed E-state index contributed by atoms with van der Waals surface area (Å²) in [5.41, 5.74) is 5.51. The number of amides is 1. The Morgan fingerprint density at radius 1 is 1.43 bits per heavy atom. The molecule has 1 rings (SSSR count). The van der Waals surface area contributed by atoms with Gasteiger partial charge in [0.05, 0.1) is 11.9 Å². The highest BCUT2D eigenvalue weighted by atomic mass is 32.2. The number of carbonyl (C=O) groups is 1. The highest BCUT2D eigenvalue weighted by Gasteiger charge is 2.14. The van der Waals surface area contributed by atoms with Crippen LogP contribution in [0.5, 0.6) is 0 Å². The van der Waals surface area contributed by atoms with Crippen molar-refractivity contribution >= 4 is 27.3 Å². The first-order valence-corrected chi connectivity index (χ1v) is 8.40. The fourth-order valence-corrected chi connectivity index (χ4v) is 2.26. The second-order valence-electron chi connectivity index (χ2n) is 4.89. The number of hydrogen-bond donors (Lipinski definition) is 3. The third kappa shape index (κ3) is 6.09. The minimum atomic E-state index is -3.59. The van der Waals surface area contributed by atoms with Crippen molar-refractivity contribution in [2.75, 3.05) is 22.8 Å². The maximum absolute atomic E-state index is 13.5. The monoisotopic (exact) mass is 317 g/mol. The van der Waals surface area contributed by atoms with E-state index in [4.69, 9.17) is 5.73 Å². The smallest absolute Gasteiger partial charge is 0.229 e. The molecule has 0 fully saturated rings. The molecule has 8 heteroatoms. The molecule has 0 aliphatic heterocycles. The standard InChI is InChI=1S/C13H20FN3O3S/c1-9(4-3-7-15)13(18)16-10-5-6-11(14)12(8-10)17-21(2,19)20/h5-6,8-9,17H,3-4,7,15H2,1-2H3,(H,16,18). The largest absolute Gasteiger partial charge is 0.330 e. The molecule has 0 radical (unpaired) electrons. The molecule has 1 atom stereocenters. The van der Waals surface area contributed by atoms with Crippen LogP contribution in [-0.4, -0.2) is 27.1 Å². The summed E-state index contributed by atoms with van der Waals surface area (Å²) < 4.78 is 37.8. The number of halogens is 1. The van der Waals surface area contributed by atoms with Gasteiger partial charge in [-0.05, 0) is 37.6 Å². The number of hydrogen-bond acceptors (Lipinski definition) is 4. The Morgan fingerprint density at radius 3 is 2.67 bits per heavy atom. The quantitative estimate of drug-likeness (QED) is 0.709. The van der Waals surface area contributed by atoms with Gasteiger partial charge in [0.15, 0.2) is 0 Å². The van der Waals surface area contributed by atoms with Gasteiger partial charge in [0.25, 0.3) is 0 Å². The molecule has 6 nitrogen and oxygen atoms in total. The Morgan fingerprint density at radius 2 is 2.10 bits per heavy atom. The van der Waals surface area contributed by atoms with Crippen LogP contribution in [0.15, 0.2) is 18.2 Å². The molecule has 0 saturated heterocycles. The molecule has 1 aromatic carbocycles. The second kappa shape index (κ2) is 7.37. The number of sulfonamides is 1. The molecule has 1 unspecified atom stereocenters. The topological polar surface area (TPSA) is 101 Å². The van der Waals surface area contributed by atoms with Crippen molar-refractivity contribution < 1.29 is 17.6 Å². The minimum Gasteiger partial charge on any atom is -0.330 e. The zero-order chi connectivity index (χ0) is 16.0. The Hall–Kier alpha value is -1.67. The molecule has 0 saturated carbocycles. The van der Waals surface area contributed by atoms with Gasteiger partial charge in [-0.2, -0.15) is 0 Å². The van der Waals surface area contributed by atoms with E-state index in [1.54, 1.807) is 6.92 Å². The van der Waals surface area contributed by atoms with Crippen molar-refractivity contribution in [3.05, 3.63) is 24.0 Å². The number of benzene rings is 1. The summed E-state index contributed by atoms with van der Waals surface area (Å²) >= 11 is 0.